The third-order valence-electron chi connectivity index (χ3n) is 1.79. The summed E-state index contributed by atoms with van der Waals surface area (Å²) >= 11 is 0. The third kappa shape index (κ3) is 4.47. The molecule has 0 bridgehead atoms. The molecule has 0 heterocycles. The fourth-order valence-corrected chi connectivity index (χ4v) is 0.985. The molecule has 0 aliphatic carbocycles. The molecule has 0 aliphatic heterocycles. The number of nitrogens with zero attached hydrogens (tertiary/aromatic N) is 4. The predicted molar refractivity (Wildman–Crippen MR) is 55.4 cm³/mol. The highest BCUT2D eigenvalue weighted by Gasteiger charge is 2.06. The van der Waals surface area contributed by atoms with Gasteiger partial charge in [0, 0.05) is 13.1 Å². The lowest BCUT2D eigenvalue weighted by Gasteiger charge is -2.13. The minimum Gasteiger partial charge on any atom is -0.271 e. The maximum Gasteiger partial charge on any atom is 0.185 e. The van der Waals surface area contributed by atoms with Gasteiger partial charge in [0.25, 0.3) is 0 Å². The van der Waals surface area contributed by atoms with Crippen molar-refractivity contribution in [2.75, 3.05) is 13.1 Å². The van der Waals surface area contributed by atoms with Crippen LogP contribution in [0.25, 0.3) is 0 Å². The first-order valence-corrected chi connectivity index (χ1v) is 4.87. The molecule has 0 aliphatic rings. The SMILES string of the molecule is CCCCN=C(CC#N)N(C#N)CC. The number of hydrogen-bond acceptors (Lipinski definition) is 3. The van der Waals surface area contributed by atoms with E-state index in [1.807, 2.05) is 19.2 Å². The molecule has 0 aromatic heterocycles. The van der Waals surface area contributed by atoms with Gasteiger partial charge in [0.1, 0.15) is 5.84 Å². The van der Waals surface area contributed by atoms with Gasteiger partial charge in [-0.15, -0.1) is 0 Å². The molecule has 14 heavy (non-hydrogen) atoms. The number of amidine groups is 1. The number of unbranched alkanes of at least 4 members (excludes halogenated alkanes) is 1. The molecule has 0 saturated heterocycles. The van der Waals surface area contributed by atoms with Crippen LogP contribution in [0.15, 0.2) is 4.99 Å². The van der Waals surface area contributed by atoms with Gasteiger partial charge in [-0.25, -0.2) is 0 Å². The van der Waals surface area contributed by atoms with E-state index in [2.05, 4.69) is 11.9 Å². The Morgan fingerprint density at radius 1 is 1.36 bits per heavy atom. The van der Waals surface area contributed by atoms with E-state index < -0.39 is 0 Å². The molecule has 0 radical (unpaired) electrons. The molecule has 0 aromatic rings. The number of nitriles is 2. The molecule has 0 spiro atoms. The molecule has 4 heteroatoms. The zero-order valence-corrected chi connectivity index (χ0v) is 8.82. The molecular weight excluding hydrogens is 176 g/mol. The largest absolute Gasteiger partial charge is 0.271 e. The van der Waals surface area contributed by atoms with Gasteiger partial charge in [0.15, 0.2) is 6.19 Å². The van der Waals surface area contributed by atoms with Crippen LogP contribution in [0.1, 0.15) is 33.1 Å². The van der Waals surface area contributed by atoms with Gasteiger partial charge in [0.2, 0.25) is 0 Å². The summed E-state index contributed by atoms with van der Waals surface area (Å²) in [5.74, 6) is 0.589. The highest BCUT2D eigenvalue weighted by Crippen LogP contribution is 1.97. The van der Waals surface area contributed by atoms with Gasteiger partial charge >= 0.3 is 0 Å². The fourth-order valence-electron chi connectivity index (χ4n) is 0.985. The zero-order chi connectivity index (χ0) is 10.8. The fraction of sp³-hybridized carbons (Fsp3) is 0.700. The van der Waals surface area contributed by atoms with Crippen molar-refractivity contribution in [2.45, 2.75) is 33.1 Å². The van der Waals surface area contributed by atoms with Crippen molar-refractivity contribution < 1.29 is 0 Å². The molecule has 0 aromatic carbocycles. The average molecular weight is 192 g/mol. The van der Waals surface area contributed by atoms with Crippen LogP contribution in [0.2, 0.25) is 0 Å². The van der Waals surface area contributed by atoms with Crippen molar-refractivity contribution in [2.24, 2.45) is 4.99 Å². The van der Waals surface area contributed by atoms with Crippen LogP contribution < -0.4 is 0 Å². The highest BCUT2D eigenvalue weighted by molar-refractivity contribution is 5.85. The summed E-state index contributed by atoms with van der Waals surface area (Å²) in [6, 6.07) is 2.02. The van der Waals surface area contributed by atoms with Crippen molar-refractivity contribution >= 4 is 5.84 Å². The van der Waals surface area contributed by atoms with Crippen molar-refractivity contribution in [1.82, 2.24) is 4.90 Å². The summed E-state index contributed by atoms with van der Waals surface area (Å²) in [6.07, 6.45) is 4.30. The smallest absolute Gasteiger partial charge is 0.185 e. The molecule has 0 fully saturated rings. The maximum atomic E-state index is 8.77. The second-order valence-electron chi connectivity index (χ2n) is 2.83. The summed E-state index contributed by atoms with van der Waals surface area (Å²) < 4.78 is 0. The second kappa shape index (κ2) is 8.07. The van der Waals surface area contributed by atoms with E-state index in [0.717, 1.165) is 12.8 Å². The minimum atomic E-state index is 0.213. The Morgan fingerprint density at radius 2 is 2.07 bits per heavy atom. The van der Waals surface area contributed by atoms with Crippen molar-refractivity contribution in [3.63, 3.8) is 0 Å². The number of hydrogen-bond donors (Lipinski definition) is 0. The van der Waals surface area contributed by atoms with E-state index >= 15 is 0 Å². The molecule has 0 unspecified atom stereocenters. The standard InChI is InChI=1S/C10H16N4/c1-3-5-8-13-10(6-7-11)14(4-2)9-12/h3-6,8H2,1-2H3. The maximum absolute atomic E-state index is 8.77. The summed E-state index contributed by atoms with van der Waals surface area (Å²) in [7, 11) is 0. The van der Waals surface area contributed by atoms with E-state index in [9.17, 15) is 0 Å². The monoisotopic (exact) mass is 192 g/mol. The van der Waals surface area contributed by atoms with E-state index in [1.165, 1.54) is 4.90 Å². The number of aliphatic imine (C=N–C) groups is 1. The van der Waals surface area contributed by atoms with E-state index in [0.29, 0.717) is 18.9 Å². The molecule has 76 valence electrons. The average Bonchev–Trinajstić information content (AvgIpc) is 2.20. The zero-order valence-electron chi connectivity index (χ0n) is 8.82. The van der Waals surface area contributed by atoms with Crippen molar-refractivity contribution in [3.8, 4) is 12.3 Å². The molecular formula is C10H16N4. The first-order valence-electron chi connectivity index (χ1n) is 4.87. The lowest BCUT2D eigenvalue weighted by molar-refractivity contribution is 0.594. The Kier molecular flexibility index (Phi) is 7.17. The first kappa shape index (κ1) is 12.4. The molecule has 0 saturated carbocycles. The Labute approximate surface area is 85.5 Å². The molecule has 0 N–H and O–H groups in total. The van der Waals surface area contributed by atoms with E-state index in [-0.39, 0.29) is 6.42 Å². The molecule has 0 amide bonds. The number of rotatable bonds is 5. The molecule has 4 nitrogen and oxygen atoms in total. The van der Waals surface area contributed by atoms with Crippen LogP contribution in [-0.4, -0.2) is 23.8 Å². The van der Waals surface area contributed by atoms with Crippen LogP contribution in [0.3, 0.4) is 0 Å². The second-order valence-corrected chi connectivity index (χ2v) is 2.83. The van der Waals surface area contributed by atoms with Gasteiger partial charge in [0.05, 0.1) is 12.5 Å². The highest BCUT2D eigenvalue weighted by atomic mass is 15.2. The summed E-state index contributed by atoms with van der Waals surface area (Å²) in [5, 5.41) is 17.3. The van der Waals surface area contributed by atoms with Crippen LogP contribution in [0, 0.1) is 22.8 Å². The van der Waals surface area contributed by atoms with Crippen LogP contribution >= 0.6 is 0 Å². The predicted octanol–water partition coefficient (Wildman–Crippen LogP) is 1.90. The van der Waals surface area contributed by atoms with Gasteiger partial charge in [-0.3, -0.25) is 9.89 Å². The Balaban J connectivity index is 4.35. The van der Waals surface area contributed by atoms with E-state index in [1.54, 1.807) is 0 Å². The Bertz CT molecular complexity index is 256. The first-order chi connectivity index (χ1) is 6.79. The third-order valence-corrected chi connectivity index (χ3v) is 1.79. The normalized spacial score (nSPS) is 10.4. The van der Waals surface area contributed by atoms with Gasteiger partial charge < -0.3 is 0 Å². The summed E-state index contributed by atoms with van der Waals surface area (Å²) in [4.78, 5) is 5.70. The minimum absolute atomic E-state index is 0.213. The summed E-state index contributed by atoms with van der Waals surface area (Å²) in [5.41, 5.74) is 0. The van der Waals surface area contributed by atoms with Gasteiger partial charge in [-0.05, 0) is 13.3 Å². The Hall–Kier alpha value is -1.55. The Morgan fingerprint density at radius 3 is 2.50 bits per heavy atom. The lowest BCUT2D eigenvalue weighted by Crippen LogP contribution is -2.25. The van der Waals surface area contributed by atoms with Crippen molar-refractivity contribution in [1.29, 1.82) is 10.5 Å². The van der Waals surface area contributed by atoms with Crippen LogP contribution in [-0.2, 0) is 0 Å². The molecule has 0 rings (SSSR count). The summed E-state index contributed by atoms with van der Waals surface area (Å²) in [6.45, 7) is 5.23. The van der Waals surface area contributed by atoms with Gasteiger partial charge in [-0.2, -0.15) is 10.5 Å². The van der Waals surface area contributed by atoms with Gasteiger partial charge in [-0.1, -0.05) is 13.3 Å². The topological polar surface area (TPSA) is 63.2 Å². The van der Waals surface area contributed by atoms with E-state index in [4.69, 9.17) is 10.5 Å². The lowest BCUT2D eigenvalue weighted by atomic mass is 10.3. The molecule has 0 atom stereocenters. The van der Waals surface area contributed by atoms with Crippen molar-refractivity contribution in [3.05, 3.63) is 0 Å². The van der Waals surface area contributed by atoms with Crippen LogP contribution in [0.4, 0.5) is 0 Å². The quantitative estimate of drug-likeness (QED) is 0.220. The van der Waals surface area contributed by atoms with Crippen LogP contribution in [0.5, 0.6) is 0 Å².